The van der Waals surface area contributed by atoms with E-state index in [2.05, 4.69) is 10.4 Å². The first kappa shape index (κ1) is 15.7. The topological polar surface area (TPSA) is 92.7 Å². The van der Waals surface area contributed by atoms with E-state index in [1.54, 1.807) is 31.4 Å². The Morgan fingerprint density at radius 2 is 2.05 bits per heavy atom. The summed E-state index contributed by atoms with van der Waals surface area (Å²) in [6.45, 7) is 6.33. The zero-order valence-corrected chi connectivity index (χ0v) is 13.5. The van der Waals surface area contributed by atoms with Gasteiger partial charge in [-0.1, -0.05) is 26.8 Å². The molecule has 8 heteroatoms. The molecule has 3 N–H and O–H groups in total. The molecule has 0 atom stereocenters. The average Bonchev–Trinajstić information content (AvgIpc) is 2.75. The van der Waals surface area contributed by atoms with Gasteiger partial charge in [0, 0.05) is 19.8 Å². The van der Waals surface area contributed by atoms with Gasteiger partial charge in [-0.05, 0) is 17.5 Å². The van der Waals surface area contributed by atoms with Crippen LogP contribution < -0.4 is 11.3 Å². The normalized spacial score (nSPS) is 13.0. The molecule has 116 valence electrons. The third-order valence-electron chi connectivity index (χ3n) is 2.97. The number of nitrogens with zero attached hydrogens (tertiary/aromatic N) is 3. The van der Waals surface area contributed by atoms with Crippen molar-refractivity contribution in [2.75, 3.05) is 19.0 Å². The highest BCUT2D eigenvalue weighted by molar-refractivity contribution is 7.89. The number of nitrogens with one attached hydrogen (secondary N) is 1. The van der Waals surface area contributed by atoms with Gasteiger partial charge in [-0.3, -0.25) is 4.40 Å². The van der Waals surface area contributed by atoms with Crippen LogP contribution in [0, 0.1) is 5.41 Å². The number of hydrogen-bond donors (Lipinski definition) is 2. The second-order valence-electron chi connectivity index (χ2n) is 6.16. The molecule has 0 bridgehead atoms. The molecule has 7 nitrogen and oxygen atoms in total. The van der Waals surface area contributed by atoms with Crippen LogP contribution in [-0.4, -0.2) is 35.7 Å². The van der Waals surface area contributed by atoms with Crippen LogP contribution in [0.3, 0.4) is 0 Å². The third-order valence-corrected chi connectivity index (χ3v) is 4.80. The van der Waals surface area contributed by atoms with Gasteiger partial charge in [-0.25, -0.2) is 19.2 Å². The van der Waals surface area contributed by atoms with Crippen molar-refractivity contribution in [3.63, 3.8) is 0 Å². The molecule has 0 aliphatic heterocycles. The summed E-state index contributed by atoms with van der Waals surface area (Å²) in [5.74, 6) is 5.57. The van der Waals surface area contributed by atoms with E-state index >= 15 is 0 Å². The number of rotatable bonds is 4. The number of pyridine rings is 1. The zero-order chi connectivity index (χ0) is 15.8. The number of nitrogens with two attached hydrogens (primary N) is 1. The lowest BCUT2D eigenvalue weighted by molar-refractivity contribution is 0.310. The summed E-state index contributed by atoms with van der Waals surface area (Å²) in [5.41, 5.74) is 2.74. The molecule has 2 aromatic rings. The summed E-state index contributed by atoms with van der Waals surface area (Å²) < 4.78 is 28.5. The number of fused-ring (bicyclic) bond motifs is 1. The highest BCUT2D eigenvalue weighted by Gasteiger charge is 2.31. The lowest BCUT2D eigenvalue weighted by Gasteiger charge is -2.26. The second kappa shape index (κ2) is 5.28. The van der Waals surface area contributed by atoms with Crippen LogP contribution in [0.2, 0.25) is 0 Å². The molecular weight excluding hydrogens is 290 g/mol. The Bertz CT molecular complexity index is 745. The molecule has 0 unspecified atom stereocenters. The summed E-state index contributed by atoms with van der Waals surface area (Å²) in [6.07, 6.45) is 1.65. The SMILES string of the molecule is CN(CC(C)(C)C)S(=O)(=O)c1c(NN)nc2ccccn12. The molecule has 0 fully saturated rings. The fourth-order valence-corrected chi connectivity index (χ4v) is 3.82. The van der Waals surface area contributed by atoms with Crippen LogP contribution >= 0.6 is 0 Å². The number of sulfonamides is 1. The van der Waals surface area contributed by atoms with Crippen molar-refractivity contribution in [3.8, 4) is 0 Å². The maximum Gasteiger partial charge on any atom is 0.262 e. The minimum Gasteiger partial charge on any atom is -0.306 e. The Morgan fingerprint density at radius 1 is 1.38 bits per heavy atom. The van der Waals surface area contributed by atoms with Crippen LogP contribution in [-0.2, 0) is 10.0 Å². The number of imidazole rings is 1. The molecule has 0 aliphatic rings. The van der Waals surface area contributed by atoms with E-state index in [0.29, 0.717) is 12.2 Å². The number of aromatic nitrogens is 2. The monoisotopic (exact) mass is 311 g/mol. The van der Waals surface area contributed by atoms with Gasteiger partial charge >= 0.3 is 0 Å². The fourth-order valence-electron chi connectivity index (χ4n) is 2.21. The first-order valence-corrected chi connectivity index (χ1v) is 8.01. The van der Waals surface area contributed by atoms with E-state index in [-0.39, 0.29) is 16.3 Å². The van der Waals surface area contributed by atoms with Crippen molar-refractivity contribution in [2.24, 2.45) is 11.3 Å². The molecule has 0 spiro atoms. The third kappa shape index (κ3) is 3.02. The van der Waals surface area contributed by atoms with E-state index in [4.69, 9.17) is 5.84 Å². The zero-order valence-electron chi connectivity index (χ0n) is 12.7. The van der Waals surface area contributed by atoms with Crippen molar-refractivity contribution in [2.45, 2.75) is 25.8 Å². The Hall–Kier alpha value is -1.64. The van der Waals surface area contributed by atoms with Gasteiger partial charge < -0.3 is 5.43 Å². The summed E-state index contributed by atoms with van der Waals surface area (Å²) >= 11 is 0. The fraction of sp³-hybridized carbons (Fsp3) is 0.462. The van der Waals surface area contributed by atoms with Gasteiger partial charge in [0.25, 0.3) is 10.0 Å². The largest absolute Gasteiger partial charge is 0.306 e. The standard InChI is InChI=1S/C13H21N5O2S/c1-13(2,3)9-17(4)21(19,20)12-11(16-14)15-10-7-5-6-8-18(10)12/h5-8,16H,9,14H2,1-4H3. The molecule has 0 radical (unpaired) electrons. The van der Waals surface area contributed by atoms with E-state index in [9.17, 15) is 8.42 Å². The summed E-state index contributed by atoms with van der Waals surface area (Å²) in [7, 11) is -2.15. The molecule has 0 saturated heterocycles. The van der Waals surface area contributed by atoms with E-state index in [1.165, 1.54) is 8.71 Å². The van der Waals surface area contributed by atoms with Crippen molar-refractivity contribution in [1.29, 1.82) is 0 Å². The van der Waals surface area contributed by atoms with Gasteiger partial charge in [0.1, 0.15) is 5.65 Å². The summed E-state index contributed by atoms with van der Waals surface area (Å²) in [4.78, 5) is 4.20. The molecule has 0 saturated carbocycles. The predicted molar refractivity (Wildman–Crippen MR) is 82.3 cm³/mol. The van der Waals surface area contributed by atoms with E-state index in [0.717, 1.165) is 0 Å². The van der Waals surface area contributed by atoms with Crippen molar-refractivity contribution < 1.29 is 8.42 Å². The van der Waals surface area contributed by atoms with Crippen LogP contribution in [0.1, 0.15) is 20.8 Å². The van der Waals surface area contributed by atoms with Crippen LogP contribution in [0.15, 0.2) is 29.4 Å². The summed E-state index contributed by atoms with van der Waals surface area (Å²) in [6, 6.07) is 5.26. The molecule has 0 aromatic carbocycles. The first-order valence-electron chi connectivity index (χ1n) is 6.57. The second-order valence-corrected chi connectivity index (χ2v) is 8.12. The lowest BCUT2D eigenvalue weighted by Crippen LogP contribution is -2.35. The maximum absolute atomic E-state index is 12.8. The lowest BCUT2D eigenvalue weighted by atomic mass is 9.97. The molecular formula is C13H21N5O2S. The van der Waals surface area contributed by atoms with Crippen molar-refractivity contribution in [1.82, 2.24) is 13.7 Å². The van der Waals surface area contributed by atoms with Crippen LogP contribution in [0.25, 0.3) is 5.65 Å². The minimum atomic E-state index is -3.71. The van der Waals surface area contributed by atoms with Crippen molar-refractivity contribution in [3.05, 3.63) is 24.4 Å². The maximum atomic E-state index is 12.8. The van der Waals surface area contributed by atoms with Gasteiger partial charge in [-0.2, -0.15) is 4.31 Å². The van der Waals surface area contributed by atoms with Crippen LogP contribution in [0.5, 0.6) is 0 Å². The molecule has 0 amide bonds. The molecule has 2 aromatic heterocycles. The van der Waals surface area contributed by atoms with E-state index in [1.807, 2.05) is 20.8 Å². The number of hydrogen-bond acceptors (Lipinski definition) is 5. The summed E-state index contributed by atoms with van der Waals surface area (Å²) in [5, 5.41) is 0.0485. The predicted octanol–water partition coefficient (Wildman–Crippen LogP) is 1.29. The molecule has 2 rings (SSSR count). The minimum absolute atomic E-state index is 0.0485. The van der Waals surface area contributed by atoms with Gasteiger partial charge in [0.05, 0.1) is 0 Å². The smallest absolute Gasteiger partial charge is 0.262 e. The Morgan fingerprint density at radius 3 is 2.62 bits per heavy atom. The number of nitrogen functional groups attached to an aromatic ring is 1. The molecule has 21 heavy (non-hydrogen) atoms. The highest BCUT2D eigenvalue weighted by Crippen LogP contribution is 2.26. The van der Waals surface area contributed by atoms with E-state index < -0.39 is 10.0 Å². The number of anilines is 1. The molecule has 2 heterocycles. The Labute approximate surface area is 124 Å². The van der Waals surface area contributed by atoms with Gasteiger partial charge in [-0.15, -0.1) is 0 Å². The average molecular weight is 311 g/mol. The Balaban J connectivity index is 2.59. The first-order chi connectivity index (χ1) is 9.66. The number of hydrazine groups is 1. The van der Waals surface area contributed by atoms with Crippen LogP contribution in [0.4, 0.5) is 5.82 Å². The highest BCUT2D eigenvalue weighted by atomic mass is 32.2. The van der Waals surface area contributed by atoms with Crippen molar-refractivity contribution >= 4 is 21.5 Å². The quantitative estimate of drug-likeness (QED) is 0.655. The van der Waals surface area contributed by atoms with Gasteiger partial charge in [0.15, 0.2) is 5.82 Å². The molecule has 0 aliphatic carbocycles. The Kier molecular flexibility index (Phi) is 3.96. The van der Waals surface area contributed by atoms with Gasteiger partial charge in [0.2, 0.25) is 5.03 Å².